The van der Waals surface area contributed by atoms with E-state index in [2.05, 4.69) is 11.9 Å². The number of carbonyl (C=O) groups is 1. The largest absolute Gasteiger partial charge is 0.460 e. The SMILES string of the molecule is Cc1c(SCCC(=O)OC(C)(C)C)[nH]c2ccc(Cl)cc12. The number of nitrogens with one attached hydrogen (secondary N) is 1. The summed E-state index contributed by atoms with van der Waals surface area (Å²) in [7, 11) is 0. The number of H-pyrrole nitrogens is 1. The predicted molar refractivity (Wildman–Crippen MR) is 89.2 cm³/mol. The maximum atomic E-state index is 11.7. The first-order chi connectivity index (χ1) is 9.76. The lowest BCUT2D eigenvalue weighted by Crippen LogP contribution is -2.24. The van der Waals surface area contributed by atoms with Crippen LogP contribution in [-0.2, 0) is 9.53 Å². The van der Waals surface area contributed by atoms with Gasteiger partial charge < -0.3 is 9.72 Å². The van der Waals surface area contributed by atoms with Crippen molar-refractivity contribution in [3.63, 3.8) is 0 Å². The van der Waals surface area contributed by atoms with E-state index >= 15 is 0 Å². The summed E-state index contributed by atoms with van der Waals surface area (Å²) in [5.74, 6) is 0.530. The average Bonchev–Trinajstić information content (AvgIpc) is 2.65. The average molecular weight is 326 g/mol. The summed E-state index contributed by atoms with van der Waals surface area (Å²) in [5, 5.41) is 2.94. The van der Waals surface area contributed by atoms with Gasteiger partial charge in [-0.15, -0.1) is 11.8 Å². The van der Waals surface area contributed by atoms with Gasteiger partial charge >= 0.3 is 5.97 Å². The van der Waals surface area contributed by atoms with Crippen LogP contribution in [-0.4, -0.2) is 22.3 Å². The van der Waals surface area contributed by atoms with E-state index in [1.54, 1.807) is 11.8 Å². The number of rotatable bonds is 4. The number of esters is 1. The van der Waals surface area contributed by atoms with Crippen molar-refractivity contribution in [1.82, 2.24) is 4.98 Å². The Labute approximate surface area is 134 Å². The van der Waals surface area contributed by atoms with Gasteiger partial charge in [-0.25, -0.2) is 0 Å². The first-order valence-corrected chi connectivity index (χ1v) is 8.25. The summed E-state index contributed by atoms with van der Waals surface area (Å²) in [4.78, 5) is 15.1. The molecule has 2 aromatic rings. The molecule has 1 aromatic heterocycles. The number of benzene rings is 1. The van der Waals surface area contributed by atoms with E-state index in [1.165, 1.54) is 5.56 Å². The number of aromatic nitrogens is 1. The van der Waals surface area contributed by atoms with Crippen LogP contribution in [0.25, 0.3) is 10.9 Å². The summed E-state index contributed by atoms with van der Waals surface area (Å²) in [6, 6.07) is 5.80. The standard InChI is InChI=1S/C16H20ClNO2S/c1-10-12-9-11(17)5-6-13(12)18-15(10)21-8-7-14(19)20-16(2,3)4/h5-6,9,18H,7-8H2,1-4H3. The number of halogens is 1. The molecule has 3 nitrogen and oxygen atoms in total. The Hall–Kier alpha value is -1.13. The van der Waals surface area contributed by atoms with Gasteiger partial charge in [0.15, 0.2) is 0 Å². The summed E-state index contributed by atoms with van der Waals surface area (Å²) in [6.07, 6.45) is 0.400. The van der Waals surface area contributed by atoms with Crippen molar-refractivity contribution in [2.75, 3.05) is 5.75 Å². The van der Waals surface area contributed by atoms with Crippen molar-refractivity contribution in [3.05, 3.63) is 28.8 Å². The first kappa shape index (κ1) is 16.2. The second-order valence-electron chi connectivity index (χ2n) is 5.95. The van der Waals surface area contributed by atoms with Gasteiger partial charge in [0.05, 0.1) is 11.4 Å². The molecule has 0 spiro atoms. The Morgan fingerprint density at radius 3 is 2.76 bits per heavy atom. The van der Waals surface area contributed by atoms with Crippen LogP contribution in [0.3, 0.4) is 0 Å². The van der Waals surface area contributed by atoms with E-state index in [4.69, 9.17) is 16.3 Å². The van der Waals surface area contributed by atoms with Crippen LogP contribution in [0, 0.1) is 6.92 Å². The maximum Gasteiger partial charge on any atom is 0.307 e. The van der Waals surface area contributed by atoms with Gasteiger partial charge in [-0.3, -0.25) is 4.79 Å². The quantitative estimate of drug-likeness (QED) is 0.638. The van der Waals surface area contributed by atoms with Crippen LogP contribution in [0.15, 0.2) is 23.2 Å². The Morgan fingerprint density at radius 1 is 1.38 bits per heavy atom. The fourth-order valence-electron chi connectivity index (χ4n) is 2.05. The van der Waals surface area contributed by atoms with Crippen LogP contribution in [0.2, 0.25) is 5.02 Å². The van der Waals surface area contributed by atoms with Crippen LogP contribution < -0.4 is 0 Å². The predicted octanol–water partition coefficient (Wildman–Crippen LogP) is 4.95. The number of hydrogen-bond donors (Lipinski definition) is 1. The summed E-state index contributed by atoms with van der Waals surface area (Å²) in [6.45, 7) is 7.70. The molecule has 0 aliphatic rings. The third kappa shape index (κ3) is 4.42. The Bertz CT molecular complexity index is 658. The molecule has 1 N–H and O–H groups in total. The van der Waals surface area contributed by atoms with Crippen molar-refractivity contribution in [2.24, 2.45) is 0 Å². The fraction of sp³-hybridized carbons (Fsp3) is 0.438. The number of hydrogen-bond acceptors (Lipinski definition) is 3. The number of ether oxygens (including phenoxy) is 1. The van der Waals surface area contributed by atoms with Crippen LogP contribution in [0.4, 0.5) is 0 Å². The molecule has 1 heterocycles. The van der Waals surface area contributed by atoms with Crippen molar-refractivity contribution < 1.29 is 9.53 Å². The molecule has 0 bridgehead atoms. The minimum atomic E-state index is -0.421. The smallest absolute Gasteiger partial charge is 0.307 e. The second-order valence-corrected chi connectivity index (χ2v) is 7.50. The van der Waals surface area contributed by atoms with Gasteiger partial charge in [-0.1, -0.05) is 11.6 Å². The highest BCUT2D eigenvalue weighted by molar-refractivity contribution is 7.99. The van der Waals surface area contributed by atoms with E-state index in [9.17, 15) is 4.79 Å². The van der Waals surface area contributed by atoms with E-state index in [-0.39, 0.29) is 5.97 Å². The molecule has 2 rings (SSSR count). The second kappa shape index (κ2) is 6.32. The van der Waals surface area contributed by atoms with Gasteiger partial charge in [0.2, 0.25) is 0 Å². The summed E-state index contributed by atoms with van der Waals surface area (Å²) >= 11 is 7.66. The lowest BCUT2D eigenvalue weighted by Gasteiger charge is -2.19. The van der Waals surface area contributed by atoms with Gasteiger partial charge in [0, 0.05) is 21.7 Å². The molecule has 21 heavy (non-hydrogen) atoms. The Morgan fingerprint density at radius 2 is 2.10 bits per heavy atom. The van der Waals surface area contributed by atoms with Gasteiger partial charge in [-0.2, -0.15) is 0 Å². The van der Waals surface area contributed by atoms with Gasteiger partial charge in [0.25, 0.3) is 0 Å². The zero-order valence-electron chi connectivity index (χ0n) is 12.7. The van der Waals surface area contributed by atoms with E-state index in [0.29, 0.717) is 12.2 Å². The van der Waals surface area contributed by atoms with Crippen LogP contribution >= 0.6 is 23.4 Å². The molecule has 0 fully saturated rings. The molecule has 0 saturated heterocycles. The molecular formula is C16H20ClNO2S. The lowest BCUT2D eigenvalue weighted by atomic mass is 10.2. The molecule has 0 amide bonds. The number of thioether (sulfide) groups is 1. The van der Waals surface area contributed by atoms with Crippen LogP contribution in [0.5, 0.6) is 0 Å². The van der Waals surface area contributed by atoms with Crippen molar-refractivity contribution in [1.29, 1.82) is 0 Å². The molecule has 1 aromatic carbocycles. The molecule has 0 atom stereocenters. The van der Waals surface area contributed by atoms with E-state index in [0.717, 1.165) is 21.0 Å². The van der Waals surface area contributed by atoms with Crippen molar-refractivity contribution >= 4 is 40.2 Å². The number of aryl methyl sites for hydroxylation is 1. The number of carbonyl (C=O) groups excluding carboxylic acids is 1. The van der Waals surface area contributed by atoms with Crippen molar-refractivity contribution in [2.45, 2.75) is 44.7 Å². The minimum absolute atomic E-state index is 0.160. The van der Waals surface area contributed by atoms with E-state index in [1.807, 2.05) is 39.0 Å². The lowest BCUT2D eigenvalue weighted by molar-refractivity contribution is -0.154. The highest BCUT2D eigenvalue weighted by Crippen LogP contribution is 2.31. The molecule has 0 aliphatic carbocycles. The molecule has 114 valence electrons. The first-order valence-electron chi connectivity index (χ1n) is 6.89. The Balaban J connectivity index is 1.98. The maximum absolute atomic E-state index is 11.7. The zero-order chi connectivity index (χ0) is 15.6. The fourth-order valence-corrected chi connectivity index (χ4v) is 3.20. The molecular weight excluding hydrogens is 306 g/mol. The summed E-state index contributed by atoms with van der Waals surface area (Å²) < 4.78 is 5.30. The van der Waals surface area contributed by atoms with Crippen LogP contribution in [0.1, 0.15) is 32.8 Å². The molecule has 5 heteroatoms. The highest BCUT2D eigenvalue weighted by atomic mass is 35.5. The molecule has 0 aliphatic heterocycles. The monoisotopic (exact) mass is 325 g/mol. The topological polar surface area (TPSA) is 42.1 Å². The van der Waals surface area contributed by atoms with Gasteiger partial charge in [-0.05, 0) is 51.5 Å². The highest BCUT2D eigenvalue weighted by Gasteiger charge is 2.16. The minimum Gasteiger partial charge on any atom is -0.460 e. The zero-order valence-corrected chi connectivity index (χ0v) is 14.3. The number of fused-ring (bicyclic) bond motifs is 1. The van der Waals surface area contributed by atoms with Gasteiger partial charge in [0.1, 0.15) is 5.60 Å². The molecule has 0 radical (unpaired) electrons. The van der Waals surface area contributed by atoms with E-state index < -0.39 is 5.60 Å². The van der Waals surface area contributed by atoms with Crippen molar-refractivity contribution in [3.8, 4) is 0 Å². The number of aromatic amines is 1. The Kier molecular flexibility index (Phi) is 4.89. The third-order valence-electron chi connectivity index (χ3n) is 2.95. The molecule has 0 unspecified atom stereocenters. The molecule has 0 saturated carbocycles. The normalized spacial score (nSPS) is 11.9. The summed E-state index contributed by atoms with van der Waals surface area (Å²) in [5.41, 5.74) is 1.81. The third-order valence-corrected chi connectivity index (χ3v) is 4.29.